The topological polar surface area (TPSA) is 76.7 Å². The van der Waals surface area contributed by atoms with Crippen molar-refractivity contribution >= 4 is 28.5 Å². The Hall–Kier alpha value is -3.52. The van der Waals surface area contributed by atoms with Crippen molar-refractivity contribution < 1.29 is 18.8 Å². The average Bonchev–Trinajstić information content (AvgIpc) is 3.58. The van der Waals surface area contributed by atoms with Crippen LogP contribution in [0.25, 0.3) is 10.9 Å². The van der Waals surface area contributed by atoms with Gasteiger partial charge in [0, 0.05) is 61.4 Å². The van der Waals surface area contributed by atoms with E-state index in [9.17, 15) is 18.8 Å². The summed E-state index contributed by atoms with van der Waals surface area (Å²) in [5.41, 5.74) is 2.47. The summed E-state index contributed by atoms with van der Waals surface area (Å²) in [5.74, 6) is -1.27. The number of likely N-dealkylation sites (tertiary alicyclic amines) is 1. The van der Waals surface area contributed by atoms with Gasteiger partial charge in [-0.1, -0.05) is 12.1 Å². The summed E-state index contributed by atoms with van der Waals surface area (Å²) in [5, 5.41) is 0.671. The maximum absolute atomic E-state index is 13.9. The fraction of sp³-hybridized carbons (Fsp3) is 0.433. The van der Waals surface area contributed by atoms with Crippen LogP contribution in [0, 0.1) is 5.82 Å². The Kier molecular flexibility index (Phi) is 6.30. The Labute approximate surface area is 221 Å². The van der Waals surface area contributed by atoms with Gasteiger partial charge in [0.15, 0.2) is 0 Å². The van der Waals surface area contributed by atoms with Crippen molar-refractivity contribution in [2.75, 3.05) is 26.2 Å². The van der Waals surface area contributed by atoms with Crippen LogP contribution in [-0.2, 0) is 11.3 Å². The van der Waals surface area contributed by atoms with E-state index in [0.717, 1.165) is 56.3 Å². The summed E-state index contributed by atoms with van der Waals surface area (Å²) in [6, 6.07) is 11.9. The molecule has 3 aliphatic rings. The molecular weight excluding hydrogens is 483 g/mol. The van der Waals surface area contributed by atoms with E-state index in [0.29, 0.717) is 36.1 Å². The van der Waals surface area contributed by atoms with Crippen molar-refractivity contribution in [3.63, 3.8) is 0 Å². The van der Waals surface area contributed by atoms with E-state index in [4.69, 9.17) is 0 Å². The van der Waals surface area contributed by atoms with Crippen molar-refractivity contribution in [3.8, 4) is 0 Å². The molecule has 1 saturated carbocycles. The van der Waals surface area contributed by atoms with Gasteiger partial charge in [0.25, 0.3) is 11.8 Å². The van der Waals surface area contributed by atoms with Crippen LogP contribution in [-0.4, -0.2) is 75.0 Å². The SMILES string of the molecule is C[C@H]1CN(C(=O)c2c[nH]c3ccc(C(=O)C(=O)N4CCCCC4)cc23)C2(CC2)CN1Cc1ccc(F)cc1. The minimum Gasteiger partial charge on any atom is -0.360 e. The van der Waals surface area contributed by atoms with E-state index in [1.807, 2.05) is 17.0 Å². The highest BCUT2D eigenvalue weighted by Gasteiger charge is 2.54. The molecule has 38 heavy (non-hydrogen) atoms. The van der Waals surface area contributed by atoms with Gasteiger partial charge < -0.3 is 14.8 Å². The van der Waals surface area contributed by atoms with Crippen LogP contribution in [0.3, 0.4) is 0 Å². The van der Waals surface area contributed by atoms with Crippen molar-refractivity contribution in [1.82, 2.24) is 19.7 Å². The zero-order chi connectivity index (χ0) is 26.4. The van der Waals surface area contributed by atoms with Gasteiger partial charge in [0.2, 0.25) is 5.78 Å². The van der Waals surface area contributed by atoms with Crippen LogP contribution in [0.15, 0.2) is 48.7 Å². The van der Waals surface area contributed by atoms with Gasteiger partial charge in [-0.3, -0.25) is 19.3 Å². The smallest absolute Gasteiger partial charge is 0.294 e. The first-order chi connectivity index (χ1) is 18.3. The molecule has 3 fully saturated rings. The van der Waals surface area contributed by atoms with E-state index >= 15 is 0 Å². The summed E-state index contributed by atoms with van der Waals surface area (Å²) in [7, 11) is 0. The van der Waals surface area contributed by atoms with Gasteiger partial charge >= 0.3 is 0 Å². The van der Waals surface area contributed by atoms with Crippen LogP contribution in [0.2, 0.25) is 0 Å². The molecule has 8 heteroatoms. The molecule has 1 atom stereocenters. The van der Waals surface area contributed by atoms with Gasteiger partial charge in [-0.15, -0.1) is 0 Å². The van der Waals surface area contributed by atoms with Gasteiger partial charge in [0.1, 0.15) is 5.82 Å². The third-order valence-electron chi connectivity index (χ3n) is 8.52. The Morgan fingerprint density at radius 2 is 1.76 bits per heavy atom. The van der Waals surface area contributed by atoms with Crippen LogP contribution < -0.4 is 0 Å². The first-order valence-electron chi connectivity index (χ1n) is 13.6. The number of fused-ring (bicyclic) bond motifs is 1. The highest BCUT2D eigenvalue weighted by atomic mass is 19.1. The molecule has 3 heterocycles. The molecule has 1 N–H and O–H groups in total. The number of nitrogens with zero attached hydrogens (tertiary/aromatic N) is 3. The van der Waals surface area contributed by atoms with Crippen LogP contribution in [0.5, 0.6) is 0 Å². The second-order valence-corrected chi connectivity index (χ2v) is 11.2. The van der Waals surface area contributed by atoms with Crippen LogP contribution in [0.1, 0.15) is 65.3 Å². The number of amides is 2. The molecule has 7 nitrogen and oxygen atoms in total. The monoisotopic (exact) mass is 516 g/mol. The predicted molar refractivity (Wildman–Crippen MR) is 142 cm³/mol. The minimum atomic E-state index is -0.518. The summed E-state index contributed by atoms with van der Waals surface area (Å²) < 4.78 is 13.4. The summed E-state index contributed by atoms with van der Waals surface area (Å²) in [6.07, 6.45) is 6.54. The zero-order valence-corrected chi connectivity index (χ0v) is 21.7. The number of hydrogen-bond donors (Lipinski definition) is 1. The van der Waals surface area contributed by atoms with Gasteiger partial charge in [-0.05, 0) is 74.9 Å². The highest BCUT2D eigenvalue weighted by Crippen LogP contribution is 2.46. The molecule has 3 aromatic rings. The second-order valence-electron chi connectivity index (χ2n) is 11.2. The predicted octanol–water partition coefficient (Wildman–Crippen LogP) is 4.38. The highest BCUT2D eigenvalue weighted by molar-refractivity contribution is 6.43. The van der Waals surface area contributed by atoms with E-state index in [1.54, 1.807) is 29.3 Å². The Bertz CT molecular complexity index is 1390. The number of Topliss-reactive ketones (excluding diaryl/α,β-unsaturated/α-hetero) is 1. The normalized spacial score (nSPS) is 21.2. The van der Waals surface area contributed by atoms with Crippen LogP contribution in [0.4, 0.5) is 4.39 Å². The molecule has 0 bridgehead atoms. The van der Waals surface area contributed by atoms with Gasteiger partial charge in [-0.25, -0.2) is 4.39 Å². The van der Waals surface area contributed by atoms with E-state index in [1.165, 1.54) is 12.1 Å². The number of piperidine rings is 1. The van der Waals surface area contributed by atoms with Gasteiger partial charge in [-0.2, -0.15) is 0 Å². The van der Waals surface area contributed by atoms with Crippen LogP contribution >= 0.6 is 0 Å². The molecule has 2 aromatic carbocycles. The lowest BCUT2D eigenvalue weighted by Gasteiger charge is -2.46. The number of halogens is 1. The van der Waals surface area contributed by atoms with Crippen molar-refractivity contribution in [1.29, 1.82) is 0 Å². The lowest BCUT2D eigenvalue weighted by molar-refractivity contribution is -0.127. The number of rotatable bonds is 5. The first-order valence-corrected chi connectivity index (χ1v) is 13.6. The fourth-order valence-corrected chi connectivity index (χ4v) is 6.05. The lowest BCUT2D eigenvalue weighted by Crippen LogP contribution is -2.60. The second kappa shape index (κ2) is 9.66. The number of ketones is 1. The summed E-state index contributed by atoms with van der Waals surface area (Å²) >= 11 is 0. The van der Waals surface area contributed by atoms with Crippen molar-refractivity contribution in [2.45, 2.75) is 57.2 Å². The number of aromatic amines is 1. The number of benzene rings is 2. The molecule has 2 amide bonds. The average molecular weight is 517 g/mol. The van der Waals surface area contributed by atoms with E-state index < -0.39 is 11.7 Å². The molecular formula is C30H33FN4O3. The Balaban J connectivity index is 1.22. The third-order valence-corrected chi connectivity index (χ3v) is 8.52. The number of H-pyrrole nitrogens is 1. The Morgan fingerprint density at radius 1 is 1.03 bits per heavy atom. The Morgan fingerprint density at radius 3 is 2.47 bits per heavy atom. The molecule has 1 aromatic heterocycles. The van der Waals surface area contributed by atoms with E-state index in [2.05, 4.69) is 16.8 Å². The molecule has 2 saturated heterocycles. The lowest BCUT2D eigenvalue weighted by atomic mass is 10.0. The number of piperazine rings is 1. The summed E-state index contributed by atoms with van der Waals surface area (Å²) in [6.45, 7) is 5.45. The molecule has 198 valence electrons. The third kappa shape index (κ3) is 4.51. The molecule has 1 spiro atoms. The fourth-order valence-electron chi connectivity index (χ4n) is 6.05. The van der Waals surface area contributed by atoms with Gasteiger partial charge in [0.05, 0.1) is 11.1 Å². The minimum absolute atomic E-state index is 0.0472. The molecule has 2 aliphatic heterocycles. The van der Waals surface area contributed by atoms with Crippen molar-refractivity contribution in [2.24, 2.45) is 0 Å². The molecule has 0 unspecified atom stereocenters. The maximum atomic E-state index is 13.9. The molecule has 0 radical (unpaired) electrons. The number of aromatic nitrogens is 1. The number of nitrogens with one attached hydrogen (secondary N) is 1. The first kappa shape index (κ1) is 24.8. The number of hydrogen-bond acceptors (Lipinski definition) is 4. The summed E-state index contributed by atoms with van der Waals surface area (Å²) in [4.78, 5) is 49.0. The van der Waals surface area contributed by atoms with Crippen molar-refractivity contribution in [3.05, 3.63) is 71.2 Å². The largest absolute Gasteiger partial charge is 0.360 e. The standard InChI is InChI=1S/C30H33FN4O3/c1-20-17-35(30(11-12-30)19-34(20)18-21-5-8-23(31)9-6-21)28(37)25-16-32-26-10-7-22(15-24(25)26)27(36)29(38)33-13-3-2-4-14-33/h5-10,15-16,20,32H,2-4,11-14,17-19H2,1H3/t20-/m0/s1. The molecule has 1 aliphatic carbocycles. The van der Waals surface area contributed by atoms with E-state index in [-0.39, 0.29) is 23.3 Å². The number of carbonyl (C=O) groups excluding carboxylic acids is 3. The quantitative estimate of drug-likeness (QED) is 0.403. The zero-order valence-electron chi connectivity index (χ0n) is 21.7. The number of carbonyl (C=O) groups is 3. The molecule has 6 rings (SSSR count). The maximum Gasteiger partial charge on any atom is 0.294 e.